The van der Waals surface area contributed by atoms with Gasteiger partial charge in [0.15, 0.2) is 5.96 Å². The molecule has 1 aliphatic carbocycles. The Morgan fingerprint density at radius 2 is 2.04 bits per heavy atom. The SMILES string of the molecule is CCNC(=NCC(C)N1CCOCC1)NCC1CCCc2ccccc21.I. The van der Waals surface area contributed by atoms with Crippen LogP contribution in [-0.4, -0.2) is 62.8 Å². The standard InChI is InChI=1S/C21H34N4O.HI/c1-3-22-21(23-15-17(2)25-11-13-26-14-12-25)24-16-19-9-6-8-18-7-4-5-10-20(18)19;/h4-5,7,10,17,19H,3,6,8-9,11-16H2,1-2H3,(H2,22,23,24);1H. The quantitative estimate of drug-likeness (QED) is 0.369. The van der Waals surface area contributed by atoms with Crippen LogP contribution < -0.4 is 10.6 Å². The molecule has 0 amide bonds. The maximum absolute atomic E-state index is 5.45. The number of rotatable bonds is 6. The molecule has 1 aliphatic heterocycles. The van der Waals surface area contributed by atoms with Gasteiger partial charge < -0.3 is 15.4 Å². The minimum absolute atomic E-state index is 0. The molecule has 0 saturated carbocycles. The summed E-state index contributed by atoms with van der Waals surface area (Å²) >= 11 is 0. The number of fused-ring (bicyclic) bond motifs is 1. The lowest BCUT2D eigenvalue weighted by molar-refractivity contribution is 0.0220. The number of morpholine rings is 1. The zero-order chi connectivity index (χ0) is 18.2. The van der Waals surface area contributed by atoms with E-state index >= 15 is 0 Å². The van der Waals surface area contributed by atoms with Crippen LogP contribution in [0.15, 0.2) is 29.3 Å². The predicted octanol–water partition coefficient (Wildman–Crippen LogP) is 3.00. The van der Waals surface area contributed by atoms with E-state index in [1.165, 1.54) is 30.4 Å². The van der Waals surface area contributed by atoms with Crippen LogP contribution in [0, 0.1) is 0 Å². The van der Waals surface area contributed by atoms with Crippen molar-refractivity contribution in [3.8, 4) is 0 Å². The van der Waals surface area contributed by atoms with Crippen LogP contribution in [0.5, 0.6) is 0 Å². The summed E-state index contributed by atoms with van der Waals surface area (Å²) in [5, 5.41) is 6.99. The maximum Gasteiger partial charge on any atom is 0.191 e. The van der Waals surface area contributed by atoms with Gasteiger partial charge in [0.2, 0.25) is 0 Å². The first kappa shape index (κ1) is 22.4. The Balaban J connectivity index is 0.00000261. The van der Waals surface area contributed by atoms with Gasteiger partial charge in [0, 0.05) is 38.1 Å². The molecule has 5 nitrogen and oxygen atoms in total. The molecule has 3 rings (SSSR count). The van der Waals surface area contributed by atoms with Gasteiger partial charge >= 0.3 is 0 Å². The molecule has 0 aromatic heterocycles. The summed E-state index contributed by atoms with van der Waals surface area (Å²) in [6.45, 7) is 10.7. The van der Waals surface area contributed by atoms with Crippen molar-refractivity contribution in [1.29, 1.82) is 0 Å². The van der Waals surface area contributed by atoms with Gasteiger partial charge in [-0.15, -0.1) is 24.0 Å². The number of nitrogens with zero attached hydrogens (tertiary/aromatic N) is 2. The molecule has 0 spiro atoms. The Kier molecular flexibility index (Phi) is 9.86. The molecule has 27 heavy (non-hydrogen) atoms. The number of aliphatic imine (C=N–C) groups is 1. The van der Waals surface area contributed by atoms with Crippen molar-refractivity contribution >= 4 is 29.9 Å². The van der Waals surface area contributed by atoms with Gasteiger partial charge in [0.05, 0.1) is 19.8 Å². The van der Waals surface area contributed by atoms with Crippen LogP contribution in [0.1, 0.15) is 43.7 Å². The molecular weight excluding hydrogens is 451 g/mol. The largest absolute Gasteiger partial charge is 0.379 e. The molecule has 1 heterocycles. The molecule has 1 aromatic rings. The zero-order valence-electron chi connectivity index (χ0n) is 16.7. The number of ether oxygens (including phenoxy) is 1. The van der Waals surface area contributed by atoms with Crippen molar-refractivity contribution in [2.45, 2.75) is 45.1 Å². The highest BCUT2D eigenvalue weighted by molar-refractivity contribution is 14.0. The fourth-order valence-electron chi connectivity index (χ4n) is 3.99. The number of aryl methyl sites for hydroxylation is 1. The van der Waals surface area contributed by atoms with Gasteiger partial charge in [-0.1, -0.05) is 24.3 Å². The van der Waals surface area contributed by atoms with Crippen molar-refractivity contribution in [2.24, 2.45) is 4.99 Å². The molecule has 0 bridgehead atoms. The molecule has 2 atom stereocenters. The molecule has 2 N–H and O–H groups in total. The van der Waals surface area contributed by atoms with E-state index in [1.807, 2.05) is 0 Å². The van der Waals surface area contributed by atoms with Crippen LogP contribution in [-0.2, 0) is 11.2 Å². The fraction of sp³-hybridized carbons (Fsp3) is 0.667. The Labute approximate surface area is 181 Å². The average Bonchev–Trinajstić information content (AvgIpc) is 2.70. The van der Waals surface area contributed by atoms with E-state index in [0.29, 0.717) is 12.0 Å². The zero-order valence-corrected chi connectivity index (χ0v) is 19.1. The van der Waals surface area contributed by atoms with E-state index in [9.17, 15) is 0 Å². The molecule has 2 unspecified atom stereocenters. The molecule has 6 heteroatoms. The normalized spacial score (nSPS) is 21.7. The van der Waals surface area contributed by atoms with Crippen molar-refractivity contribution in [3.63, 3.8) is 0 Å². The van der Waals surface area contributed by atoms with Crippen molar-refractivity contribution in [2.75, 3.05) is 45.9 Å². The van der Waals surface area contributed by atoms with Crippen molar-refractivity contribution in [1.82, 2.24) is 15.5 Å². The highest BCUT2D eigenvalue weighted by Gasteiger charge is 2.20. The van der Waals surface area contributed by atoms with Gasteiger partial charge in [-0.2, -0.15) is 0 Å². The van der Waals surface area contributed by atoms with E-state index in [1.54, 1.807) is 0 Å². The Morgan fingerprint density at radius 3 is 2.81 bits per heavy atom. The first-order chi connectivity index (χ1) is 12.8. The molecule has 2 aliphatic rings. The molecule has 0 radical (unpaired) electrons. The number of nitrogens with one attached hydrogen (secondary N) is 2. The highest BCUT2D eigenvalue weighted by atomic mass is 127. The molecule has 1 aromatic carbocycles. The van der Waals surface area contributed by atoms with E-state index in [0.717, 1.165) is 51.9 Å². The molecular formula is C21H35IN4O. The van der Waals surface area contributed by atoms with E-state index in [4.69, 9.17) is 9.73 Å². The Hall–Kier alpha value is -0.860. The third-order valence-electron chi connectivity index (χ3n) is 5.54. The van der Waals surface area contributed by atoms with E-state index in [-0.39, 0.29) is 24.0 Å². The second-order valence-electron chi connectivity index (χ2n) is 7.39. The first-order valence-electron chi connectivity index (χ1n) is 10.2. The van der Waals surface area contributed by atoms with Crippen LogP contribution in [0.3, 0.4) is 0 Å². The third kappa shape index (κ3) is 6.61. The lowest BCUT2D eigenvalue weighted by atomic mass is 9.83. The number of hydrogen-bond acceptors (Lipinski definition) is 3. The second-order valence-corrected chi connectivity index (χ2v) is 7.39. The smallest absolute Gasteiger partial charge is 0.191 e. The molecule has 152 valence electrons. The third-order valence-corrected chi connectivity index (χ3v) is 5.54. The summed E-state index contributed by atoms with van der Waals surface area (Å²) in [4.78, 5) is 7.31. The summed E-state index contributed by atoms with van der Waals surface area (Å²) in [6.07, 6.45) is 3.76. The number of halogens is 1. The van der Waals surface area contributed by atoms with Crippen molar-refractivity contribution < 1.29 is 4.74 Å². The first-order valence-corrected chi connectivity index (χ1v) is 10.2. The monoisotopic (exact) mass is 486 g/mol. The summed E-state index contributed by atoms with van der Waals surface area (Å²) in [6, 6.07) is 9.36. The van der Waals surface area contributed by atoms with Gasteiger partial charge in [0.25, 0.3) is 0 Å². The van der Waals surface area contributed by atoms with Crippen LogP contribution >= 0.6 is 24.0 Å². The number of guanidine groups is 1. The van der Waals surface area contributed by atoms with Gasteiger partial charge in [-0.25, -0.2) is 0 Å². The van der Waals surface area contributed by atoms with E-state index in [2.05, 4.69) is 53.6 Å². The highest BCUT2D eigenvalue weighted by Crippen LogP contribution is 2.30. The van der Waals surface area contributed by atoms with Crippen molar-refractivity contribution in [3.05, 3.63) is 35.4 Å². The Morgan fingerprint density at radius 1 is 1.26 bits per heavy atom. The maximum atomic E-state index is 5.45. The summed E-state index contributed by atoms with van der Waals surface area (Å²) in [5.74, 6) is 1.52. The second kappa shape index (κ2) is 11.9. The Bertz CT molecular complexity index is 589. The minimum atomic E-state index is 0. The predicted molar refractivity (Wildman–Crippen MR) is 123 cm³/mol. The summed E-state index contributed by atoms with van der Waals surface area (Å²) < 4.78 is 5.45. The lowest BCUT2D eigenvalue weighted by Crippen LogP contribution is -2.45. The number of benzene rings is 1. The van der Waals surface area contributed by atoms with Crippen LogP contribution in [0.2, 0.25) is 0 Å². The van der Waals surface area contributed by atoms with Gasteiger partial charge in [-0.3, -0.25) is 9.89 Å². The topological polar surface area (TPSA) is 48.9 Å². The molecule has 1 fully saturated rings. The summed E-state index contributed by atoms with van der Waals surface area (Å²) in [5.41, 5.74) is 3.04. The summed E-state index contributed by atoms with van der Waals surface area (Å²) in [7, 11) is 0. The minimum Gasteiger partial charge on any atom is -0.379 e. The van der Waals surface area contributed by atoms with Gasteiger partial charge in [0.1, 0.15) is 0 Å². The van der Waals surface area contributed by atoms with E-state index < -0.39 is 0 Å². The lowest BCUT2D eigenvalue weighted by Gasteiger charge is -2.31. The van der Waals surface area contributed by atoms with Gasteiger partial charge in [-0.05, 0) is 44.2 Å². The number of hydrogen-bond donors (Lipinski definition) is 2. The fourth-order valence-corrected chi connectivity index (χ4v) is 3.99. The average molecular weight is 486 g/mol. The van der Waals surface area contributed by atoms with Crippen LogP contribution in [0.25, 0.3) is 0 Å². The molecule has 1 saturated heterocycles. The van der Waals surface area contributed by atoms with Crippen LogP contribution in [0.4, 0.5) is 0 Å².